The van der Waals surface area contributed by atoms with E-state index in [-0.39, 0.29) is 15.4 Å². The fourth-order valence-electron chi connectivity index (χ4n) is 1.81. The number of sulfonamides is 1. The fraction of sp³-hybridized carbons (Fsp3) is 0.400. The minimum Gasteiger partial charge on any atom is -0.300 e. The van der Waals surface area contributed by atoms with Crippen LogP contribution < -0.4 is 9.62 Å². The lowest BCUT2D eigenvalue weighted by Crippen LogP contribution is -2.27. The van der Waals surface area contributed by atoms with Crippen LogP contribution in [0.2, 0.25) is 0 Å². The van der Waals surface area contributed by atoms with E-state index in [9.17, 15) is 13.2 Å². The molecule has 0 saturated carbocycles. The van der Waals surface area contributed by atoms with Crippen molar-refractivity contribution in [1.82, 2.24) is 10.2 Å². The number of carbonyl (C=O) groups excluding carboxylic acids is 1. The van der Waals surface area contributed by atoms with Gasteiger partial charge >= 0.3 is 0 Å². The Morgan fingerprint density at radius 3 is 2.42 bits per heavy atom. The van der Waals surface area contributed by atoms with E-state index in [1.807, 2.05) is 19.1 Å². The van der Waals surface area contributed by atoms with Gasteiger partial charge in [-0.3, -0.25) is 9.10 Å². The number of aryl methyl sites for hydroxylation is 1. The van der Waals surface area contributed by atoms with E-state index in [0.717, 1.165) is 21.2 Å². The summed E-state index contributed by atoms with van der Waals surface area (Å²) >= 11 is 0.829. The second-order valence-corrected chi connectivity index (χ2v) is 9.46. The number of anilines is 2. The van der Waals surface area contributed by atoms with Crippen LogP contribution in [0.1, 0.15) is 26.3 Å². The third-order valence-corrected chi connectivity index (χ3v) is 6.30. The standard InChI is InChI=1S/C15H20N4O3S2/c1-10-8-6-7-9-11(10)19(5)24(21,22)14-18-17-13(23-14)16-12(20)15(2,3)4/h6-9H,1-5H3,(H,16,17,20). The third kappa shape index (κ3) is 3.73. The fourth-order valence-corrected chi connectivity index (χ4v) is 4.12. The lowest BCUT2D eigenvalue weighted by molar-refractivity contribution is -0.123. The monoisotopic (exact) mass is 368 g/mol. The van der Waals surface area contributed by atoms with Crippen LogP contribution in [-0.4, -0.2) is 31.6 Å². The van der Waals surface area contributed by atoms with E-state index in [1.165, 1.54) is 7.05 Å². The van der Waals surface area contributed by atoms with Crippen LogP contribution in [0.15, 0.2) is 28.6 Å². The molecule has 0 aliphatic rings. The molecule has 1 N–H and O–H groups in total. The average Bonchev–Trinajstić information content (AvgIpc) is 2.95. The summed E-state index contributed by atoms with van der Waals surface area (Å²) in [6.45, 7) is 7.10. The highest BCUT2D eigenvalue weighted by atomic mass is 32.2. The van der Waals surface area contributed by atoms with Crippen molar-refractivity contribution in [2.24, 2.45) is 5.41 Å². The van der Waals surface area contributed by atoms with E-state index in [2.05, 4.69) is 15.5 Å². The number of rotatable bonds is 4. The van der Waals surface area contributed by atoms with Crippen LogP contribution in [0.25, 0.3) is 0 Å². The lowest BCUT2D eigenvalue weighted by atomic mass is 9.96. The Morgan fingerprint density at radius 2 is 1.83 bits per heavy atom. The highest BCUT2D eigenvalue weighted by Crippen LogP contribution is 2.28. The van der Waals surface area contributed by atoms with Gasteiger partial charge in [-0.2, -0.15) is 8.42 Å². The number of nitrogens with zero attached hydrogens (tertiary/aromatic N) is 3. The molecule has 2 aromatic rings. The van der Waals surface area contributed by atoms with Crippen molar-refractivity contribution in [3.8, 4) is 0 Å². The summed E-state index contributed by atoms with van der Waals surface area (Å²) in [7, 11) is -2.37. The number of hydrogen-bond acceptors (Lipinski definition) is 6. The van der Waals surface area contributed by atoms with Crippen molar-refractivity contribution in [1.29, 1.82) is 0 Å². The molecule has 1 amide bonds. The second-order valence-electron chi connectivity index (χ2n) is 6.34. The molecule has 1 aromatic carbocycles. The molecule has 0 bridgehead atoms. The molecule has 0 unspecified atom stereocenters. The third-order valence-electron chi connectivity index (χ3n) is 3.34. The molecule has 2 rings (SSSR count). The molecular formula is C15H20N4O3S2. The SMILES string of the molecule is Cc1ccccc1N(C)S(=O)(=O)c1nnc(NC(=O)C(C)(C)C)s1. The quantitative estimate of drug-likeness (QED) is 0.838. The molecule has 0 saturated heterocycles. The Balaban J connectivity index is 2.28. The zero-order chi connectivity index (χ0) is 18.1. The number of amides is 1. The predicted octanol–water partition coefficient (Wildman–Crippen LogP) is 2.66. The van der Waals surface area contributed by atoms with Crippen LogP contribution in [0.5, 0.6) is 0 Å². The van der Waals surface area contributed by atoms with E-state index < -0.39 is 15.4 Å². The van der Waals surface area contributed by atoms with Gasteiger partial charge in [0.2, 0.25) is 11.0 Å². The highest BCUT2D eigenvalue weighted by Gasteiger charge is 2.28. The van der Waals surface area contributed by atoms with Crippen molar-refractivity contribution in [3.63, 3.8) is 0 Å². The summed E-state index contributed by atoms with van der Waals surface area (Å²) in [5.41, 5.74) is 0.783. The molecule has 0 atom stereocenters. The van der Waals surface area contributed by atoms with Crippen molar-refractivity contribution >= 4 is 38.1 Å². The van der Waals surface area contributed by atoms with Crippen molar-refractivity contribution in [3.05, 3.63) is 29.8 Å². The van der Waals surface area contributed by atoms with Crippen molar-refractivity contribution in [2.75, 3.05) is 16.7 Å². The molecule has 0 radical (unpaired) electrons. The van der Waals surface area contributed by atoms with Crippen molar-refractivity contribution in [2.45, 2.75) is 32.0 Å². The number of carbonyl (C=O) groups is 1. The summed E-state index contributed by atoms with van der Waals surface area (Å²) in [6, 6.07) is 7.15. The number of para-hydroxylation sites is 1. The maximum Gasteiger partial charge on any atom is 0.293 e. The van der Waals surface area contributed by atoms with Crippen LogP contribution in [0, 0.1) is 12.3 Å². The normalized spacial score (nSPS) is 12.0. The molecule has 24 heavy (non-hydrogen) atoms. The topological polar surface area (TPSA) is 92.3 Å². The Hall–Kier alpha value is -2.00. The first-order valence-electron chi connectivity index (χ1n) is 7.23. The maximum absolute atomic E-state index is 12.7. The Kier molecular flexibility index (Phi) is 4.95. The maximum atomic E-state index is 12.7. The van der Waals surface area contributed by atoms with Crippen LogP contribution in [0.3, 0.4) is 0 Å². The van der Waals surface area contributed by atoms with Crippen molar-refractivity contribution < 1.29 is 13.2 Å². The molecule has 0 aliphatic carbocycles. The minimum absolute atomic E-state index is 0.159. The number of benzene rings is 1. The summed E-state index contributed by atoms with van der Waals surface area (Å²) < 4.78 is 26.4. The minimum atomic E-state index is -3.84. The van der Waals surface area contributed by atoms with Gasteiger partial charge in [0, 0.05) is 12.5 Å². The van der Waals surface area contributed by atoms with Gasteiger partial charge in [-0.05, 0) is 18.6 Å². The van der Waals surface area contributed by atoms with Gasteiger partial charge in [0.15, 0.2) is 0 Å². The first kappa shape index (κ1) is 18.3. The van der Waals surface area contributed by atoms with Gasteiger partial charge in [-0.1, -0.05) is 50.3 Å². The van der Waals surface area contributed by atoms with E-state index in [1.54, 1.807) is 32.9 Å². The van der Waals surface area contributed by atoms with Gasteiger partial charge < -0.3 is 5.32 Å². The Labute approximate surface area is 145 Å². The zero-order valence-corrected chi connectivity index (χ0v) is 15.8. The molecule has 1 heterocycles. The molecule has 0 spiro atoms. The lowest BCUT2D eigenvalue weighted by Gasteiger charge is -2.19. The first-order valence-corrected chi connectivity index (χ1v) is 9.48. The molecule has 0 aliphatic heterocycles. The van der Waals surface area contributed by atoms with Gasteiger partial charge in [0.05, 0.1) is 5.69 Å². The molecule has 130 valence electrons. The summed E-state index contributed by atoms with van der Waals surface area (Å²) in [5.74, 6) is -0.255. The van der Waals surface area contributed by atoms with E-state index in [0.29, 0.717) is 5.69 Å². The summed E-state index contributed by atoms with van der Waals surface area (Å²) in [4.78, 5) is 12.0. The van der Waals surface area contributed by atoms with E-state index >= 15 is 0 Å². The van der Waals surface area contributed by atoms with Crippen LogP contribution in [-0.2, 0) is 14.8 Å². The predicted molar refractivity (Wildman–Crippen MR) is 94.8 cm³/mol. The van der Waals surface area contributed by atoms with Crippen LogP contribution >= 0.6 is 11.3 Å². The molecule has 9 heteroatoms. The zero-order valence-electron chi connectivity index (χ0n) is 14.2. The van der Waals surface area contributed by atoms with Gasteiger partial charge in [0.1, 0.15) is 0 Å². The molecule has 7 nitrogen and oxygen atoms in total. The number of aromatic nitrogens is 2. The second kappa shape index (κ2) is 6.48. The summed E-state index contributed by atoms with van der Waals surface area (Å²) in [5, 5.41) is 10.2. The molecular weight excluding hydrogens is 348 g/mol. The summed E-state index contributed by atoms with van der Waals surface area (Å²) in [6.07, 6.45) is 0. The van der Waals surface area contributed by atoms with Gasteiger partial charge in [-0.15, -0.1) is 10.2 Å². The van der Waals surface area contributed by atoms with E-state index in [4.69, 9.17) is 0 Å². The van der Waals surface area contributed by atoms with Crippen LogP contribution in [0.4, 0.5) is 10.8 Å². The first-order chi connectivity index (χ1) is 11.0. The van der Waals surface area contributed by atoms with Gasteiger partial charge in [-0.25, -0.2) is 0 Å². The molecule has 0 fully saturated rings. The Morgan fingerprint density at radius 1 is 1.21 bits per heavy atom. The highest BCUT2D eigenvalue weighted by molar-refractivity contribution is 7.94. The average molecular weight is 368 g/mol. The number of hydrogen-bond donors (Lipinski definition) is 1. The largest absolute Gasteiger partial charge is 0.300 e. The van der Waals surface area contributed by atoms with Gasteiger partial charge in [0.25, 0.3) is 14.4 Å². The molecule has 1 aromatic heterocycles. The smallest absolute Gasteiger partial charge is 0.293 e. The number of nitrogens with one attached hydrogen (secondary N) is 1. The Bertz CT molecular complexity index is 854.